The van der Waals surface area contributed by atoms with Crippen molar-refractivity contribution in [2.45, 2.75) is 19.5 Å². The van der Waals surface area contributed by atoms with E-state index < -0.39 is 12.0 Å². The van der Waals surface area contributed by atoms with Gasteiger partial charge in [0, 0.05) is 23.7 Å². The van der Waals surface area contributed by atoms with Crippen LogP contribution in [0.3, 0.4) is 0 Å². The maximum Gasteiger partial charge on any atom is 0.325 e. The molecule has 2 rings (SSSR count). The van der Waals surface area contributed by atoms with Gasteiger partial charge in [-0.25, -0.2) is 0 Å². The van der Waals surface area contributed by atoms with Crippen LogP contribution in [0.15, 0.2) is 24.4 Å². The van der Waals surface area contributed by atoms with Crippen LogP contribution in [0.2, 0.25) is 0 Å². The lowest BCUT2D eigenvalue weighted by molar-refractivity contribution is -0.138. The lowest BCUT2D eigenvalue weighted by Crippen LogP contribution is -2.20. The molecule has 0 aliphatic rings. The van der Waals surface area contributed by atoms with E-state index in [2.05, 4.69) is 0 Å². The van der Waals surface area contributed by atoms with Crippen LogP contribution in [0.4, 0.5) is 0 Å². The van der Waals surface area contributed by atoms with Gasteiger partial charge in [-0.1, -0.05) is 6.07 Å². The van der Waals surface area contributed by atoms with E-state index in [9.17, 15) is 4.79 Å². The Hall–Kier alpha value is -2.01. The number of nitrogens with zero attached hydrogens (tertiary/aromatic N) is 1. The molecule has 18 heavy (non-hydrogen) atoms. The summed E-state index contributed by atoms with van der Waals surface area (Å²) in [4.78, 5) is 11.1. The van der Waals surface area contributed by atoms with Crippen molar-refractivity contribution in [3.05, 3.63) is 30.0 Å². The van der Waals surface area contributed by atoms with Gasteiger partial charge in [0.25, 0.3) is 0 Å². The molecule has 2 aromatic rings. The first-order valence-electron chi connectivity index (χ1n) is 5.74. The molecule has 0 spiro atoms. The van der Waals surface area contributed by atoms with E-state index in [-0.39, 0.29) is 0 Å². The summed E-state index contributed by atoms with van der Waals surface area (Å²) in [7, 11) is 1.56. The summed E-state index contributed by atoms with van der Waals surface area (Å²) in [6, 6.07) is 4.57. The molecule has 1 heterocycles. The molecule has 0 saturated carbocycles. The summed E-state index contributed by atoms with van der Waals surface area (Å²) in [6.07, 6.45) is 1.78. The number of ether oxygens (including phenoxy) is 1. The molecule has 5 heteroatoms. The lowest BCUT2D eigenvalue weighted by Gasteiger charge is -2.07. The number of carboxylic acids is 1. The average molecular weight is 248 g/mol. The Kier molecular flexibility index (Phi) is 3.25. The van der Waals surface area contributed by atoms with Crippen molar-refractivity contribution in [2.75, 3.05) is 7.11 Å². The number of carboxylic acid groups (broad SMARTS) is 1. The SMILES string of the molecule is CCn1cc(C(N)C(=O)O)c2c(OC)cccc21. The fraction of sp³-hybridized carbons (Fsp3) is 0.308. The predicted octanol–water partition coefficient (Wildman–Crippen LogP) is 1.75. The van der Waals surface area contributed by atoms with Crippen LogP contribution >= 0.6 is 0 Å². The highest BCUT2D eigenvalue weighted by Gasteiger charge is 2.22. The Morgan fingerprint density at radius 1 is 1.56 bits per heavy atom. The Morgan fingerprint density at radius 3 is 2.83 bits per heavy atom. The monoisotopic (exact) mass is 248 g/mol. The van der Waals surface area contributed by atoms with Crippen molar-refractivity contribution < 1.29 is 14.6 Å². The first-order valence-corrected chi connectivity index (χ1v) is 5.74. The van der Waals surface area contributed by atoms with Crippen LogP contribution in [0.1, 0.15) is 18.5 Å². The van der Waals surface area contributed by atoms with E-state index >= 15 is 0 Å². The summed E-state index contributed by atoms with van der Waals surface area (Å²) in [5, 5.41) is 9.84. The third-order valence-corrected chi connectivity index (χ3v) is 3.06. The van der Waals surface area contributed by atoms with Crippen molar-refractivity contribution >= 4 is 16.9 Å². The Bertz CT molecular complexity index is 589. The number of methoxy groups -OCH3 is 1. The van der Waals surface area contributed by atoms with Crippen molar-refractivity contribution in [3.8, 4) is 5.75 Å². The topological polar surface area (TPSA) is 77.5 Å². The molecule has 1 unspecified atom stereocenters. The van der Waals surface area contributed by atoms with Gasteiger partial charge in [0.2, 0.25) is 0 Å². The number of aryl methyl sites for hydroxylation is 1. The maximum atomic E-state index is 11.1. The third kappa shape index (κ3) is 1.82. The zero-order chi connectivity index (χ0) is 13.3. The predicted molar refractivity (Wildman–Crippen MR) is 68.7 cm³/mol. The molecule has 0 radical (unpaired) electrons. The minimum atomic E-state index is -1.05. The normalized spacial score (nSPS) is 12.6. The number of hydrogen-bond donors (Lipinski definition) is 2. The minimum absolute atomic E-state index is 0.580. The van der Waals surface area contributed by atoms with Crippen molar-refractivity contribution in [1.29, 1.82) is 0 Å². The van der Waals surface area contributed by atoms with Crippen LogP contribution in [0.25, 0.3) is 10.9 Å². The molecule has 1 aromatic carbocycles. The number of carbonyl (C=O) groups is 1. The number of benzene rings is 1. The Balaban J connectivity index is 2.76. The van der Waals surface area contributed by atoms with Gasteiger partial charge in [-0.05, 0) is 19.1 Å². The van der Waals surface area contributed by atoms with E-state index in [0.717, 1.165) is 17.4 Å². The molecule has 3 N–H and O–H groups in total. The van der Waals surface area contributed by atoms with Crippen LogP contribution in [-0.4, -0.2) is 22.8 Å². The number of rotatable bonds is 4. The molecule has 0 bridgehead atoms. The number of aromatic nitrogens is 1. The molecule has 96 valence electrons. The Morgan fingerprint density at radius 2 is 2.28 bits per heavy atom. The Labute approximate surface area is 105 Å². The van der Waals surface area contributed by atoms with E-state index in [4.69, 9.17) is 15.6 Å². The van der Waals surface area contributed by atoms with E-state index in [1.807, 2.05) is 23.6 Å². The summed E-state index contributed by atoms with van der Waals surface area (Å²) in [5.74, 6) is -0.401. The van der Waals surface area contributed by atoms with Gasteiger partial charge >= 0.3 is 5.97 Å². The summed E-state index contributed by atoms with van der Waals surface area (Å²) < 4.78 is 7.26. The van der Waals surface area contributed by atoms with Gasteiger partial charge in [0.15, 0.2) is 0 Å². The van der Waals surface area contributed by atoms with Crippen LogP contribution in [0, 0.1) is 0 Å². The first-order chi connectivity index (χ1) is 8.60. The molecule has 1 atom stereocenters. The van der Waals surface area contributed by atoms with Gasteiger partial charge in [0.1, 0.15) is 11.8 Å². The fourth-order valence-electron chi connectivity index (χ4n) is 2.15. The number of fused-ring (bicyclic) bond motifs is 1. The number of nitrogens with two attached hydrogens (primary N) is 1. The smallest absolute Gasteiger partial charge is 0.325 e. The molecule has 1 aromatic heterocycles. The second kappa shape index (κ2) is 4.70. The van der Waals surface area contributed by atoms with E-state index in [0.29, 0.717) is 11.3 Å². The van der Waals surface area contributed by atoms with Crippen LogP contribution in [0.5, 0.6) is 5.75 Å². The largest absolute Gasteiger partial charge is 0.496 e. The molecule has 0 amide bonds. The molecular weight excluding hydrogens is 232 g/mol. The second-order valence-electron chi connectivity index (χ2n) is 4.04. The van der Waals surface area contributed by atoms with E-state index in [1.54, 1.807) is 19.4 Å². The highest BCUT2D eigenvalue weighted by Crippen LogP contribution is 2.33. The van der Waals surface area contributed by atoms with Gasteiger partial charge in [-0.15, -0.1) is 0 Å². The summed E-state index contributed by atoms with van der Waals surface area (Å²) in [5.41, 5.74) is 7.24. The molecular formula is C13H16N2O3. The zero-order valence-corrected chi connectivity index (χ0v) is 10.4. The molecule has 0 aliphatic heterocycles. The highest BCUT2D eigenvalue weighted by molar-refractivity contribution is 5.94. The highest BCUT2D eigenvalue weighted by atomic mass is 16.5. The number of aliphatic carboxylic acids is 1. The second-order valence-corrected chi connectivity index (χ2v) is 4.04. The van der Waals surface area contributed by atoms with Crippen LogP contribution < -0.4 is 10.5 Å². The van der Waals surface area contributed by atoms with Gasteiger partial charge in [-0.3, -0.25) is 4.79 Å². The maximum absolute atomic E-state index is 11.1. The average Bonchev–Trinajstić information content (AvgIpc) is 2.76. The van der Waals surface area contributed by atoms with Crippen molar-refractivity contribution in [1.82, 2.24) is 4.57 Å². The van der Waals surface area contributed by atoms with Gasteiger partial charge in [-0.2, -0.15) is 0 Å². The van der Waals surface area contributed by atoms with Crippen LogP contribution in [-0.2, 0) is 11.3 Å². The first kappa shape index (κ1) is 12.4. The third-order valence-electron chi connectivity index (χ3n) is 3.06. The van der Waals surface area contributed by atoms with Crippen molar-refractivity contribution in [3.63, 3.8) is 0 Å². The van der Waals surface area contributed by atoms with E-state index in [1.165, 1.54) is 0 Å². The molecule has 0 fully saturated rings. The quantitative estimate of drug-likeness (QED) is 0.864. The summed E-state index contributed by atoms with van der Waals surface area (Å²) in [6.45, 7) is 2.74. The number of hydrogen-bond acceptors (Lipinski definition) is 3. The fourth-order valence-corrected chi connectivity index (χ4v) is 2.15. The lowest BCUT2D eigenvalue weighted by atomic mass is 10.1. The van der Waals surface area contributed by atoms with Crippen molar-refractivity contribution in [2.24, 2.45) is 5.73 Å². The van der Waals surface area contributed by atoms with Gasteiger partial charge < -0.3 is 20.1 Å². The molecule has 0 aliphatic carbocycles. The minimum Gasteiger partial charge on any atom is -0.496 e. The standard InChI is InChI=1S/C13H16N2O3/c1-3-15-7-8(12(14)13(16)17)11-9(15)5-4-6-10(11)18-2/h4-7,12H,3,14H2,1-2H3,(H,16,17). The summed E-state index contributed by atoms with van der Waals surface area (Å²) >= 11 is 0. The molecule has 0 saturated heterocycles. The zero-order valence-electron chi connectivity index (χ0n) is 10.4. The van der Waals surface area contributed by atoms with Gasteiger partial charge in [0.05, 0.1) is 12.6 Å². The molecule has 5 nitrogen and oxygen atoms in total.